The minimum Gasteiger partial charge on any atom is -0.341 e. The summed E-state index contributed by atoms with van der Waals surface area (Å²) < 4.78 is 29.2. The summed E-state index contributed by atoms with van der Waals surface area (Å²) in [6, 6.07) is 15.0. The lowest BCUT2D eigenvalue weighted by Gasteiger charge is -2.16. The van der Waals surface area contributed by atoms with E-state index in [2.05, 4.69) is 9.82 Å². The average Bonchev–Trinajstić information content (AvgIpc) is 3.17. The molecular weight excluding hydrogens is 412 g/mol. The van der Waals surface area contributed by atoms with Crippen LogP contribution in [0.2, 0.25) is 0 Å². The Morgan fingerprint density at radius 2 is 1.81 bits per heavy atom. The molecule has 8 heteroatoms. The highest BCUT2D eigenvalue weighted by Crippen LogP contribution is 2.14. The van der Waals surface area contributed by atoms with Crippen molar-refractivity contribution in [1.29, 1.82) is 0 Å². The van der Waals surface area contributed by atoms with Crippen molar-refractivity contribution in [2.75, 3.05) is 13.6 Å². The van der Waals surface area contributed by atoms with Crippen molar-refractivity contribution in [1.82, 2.24) is 19.4 Å². The molecule has 3 aromatic rings. The second-order valence-electron chi connectivity index (χ2n) is 7.68. The quantitative estimate of drug-likeness (QED) is 0.555. The van der Waals surface area contributed by atoms with E-state index in [0.29, 0.717) is 13.1 Å². The van der Waals surface area contributed by atoms with Crippen LogP contribution in [0.3, 0.4) is 0 Å². The number of benzene rings is 2. The zero-order chi connectivity index (χ0) is 22.4. The molecule has 0 bridgehead atoms. The molecule has 2 aromatic carbocycles. The summed E-state index contributed by atoms with van der Waals surface area (Å²) in [5.41, 5.74) is 4.01. The Balaban J connectivity index is 1.49. The van der Waals surface area contributed by atoms with Crippen molar-refractivity contribution in [2.24, 2.45) is 0 Å². The monoisotopic (exact) mass is 440 g/mol. The fourth-order valence-electron chi connectivity index (χ4n) is 3.15. The number of nitrogens with one attached hydrogen (secondary N) is 1. The first kappa shape index (κ1) is 22.7. The first-order valence-electron chi connectivity index (χ1n) is 10.1. The topological polar surface area (TPSA) is 84.3 Å². The summed E-state index contributed by atoms with van der Waals surface area (Å²) >= 11 is 0. The largest absolute Gasteiger partial charge is 0.341 e. The third kappa shape index (κ3) is 6.26. The number of aromatic nitrogens is 2. The second kappa shape index (κ2) is 9.89. The van der Waals surface area contributed by atoms with Gasteiger partial charge in [0.15, 0.2) is 0 Å². The number of sulfonamides is 1. The molecule has 0 saturated heterocycles. The molecule has 1 N–H and O–H groups in total. The van der Waals surface area contributed by atoms with Gasteiger partial charge in [-0.1, -0.05) is 36.4 Å². The van der Waals surface area contributed by atoms with Gasteiger partial charge in [-0.15, -0.1) is 0 Å². The standard InChI is InChI=1S/C23H28N4O3S/c1-18-9-10-22(13-19(18)2)31(29,30)25-12-11-23(28)26(3)15-21-14-24-27(17-21)16-20-7-5-4-6-8-20/h4-10,13-14,17,25H,11-12,15-16H2,1-3H3. The first-order valence-corrected chi connectivity index (χ1v) is 11.6. The van der Waals surface area contributed by atoms with E-state index in [1.807, 2.05) is 55.1 Å². The number of amides is 1. The number of carbonyl (C=O) groups excluding carboxylic acids is 1. The van der Waals surface area contributed by atoms with Crippen LogP contribution in [0.25, 0.3) is 0 Å². The van der Waals surface area contributed by atoms with Gasteiger partial charge in [-0.25, -0.2) is 13.1 Å². The Labute approximate surface area is 183 Å². The third-order valence-corrected chi connectivity index (χ3v) is 6.60. The van der Waals surface area contributed by atoms with Gasteiger partial charge >= 0.3 is 0 Å². The molecule has 1 aromatic heterocycles. The Bertz CT molecular complexity index is 1140. The second-order valence-corrected chi connectivity index (χ2v) is 9.44. The number of hydrogen-bond donors (Lipinski definition) is 1. The number of carbonyl (C=O) groups is 1. The van der Waals surface area contributed by atoms with Crippen LogP contribution in [0.1, 0.15) is 28.7 Å². The molecule has 0 radical (unpaired) electrons. The number of hydrogen-bond acceptors (Lipinski definition) is 4. The summed E-state index contributed by atoms with van der Waals surface area (Å²) in [7, 11) is -1.94. The molecular formula is C23H28N4O3S. The van der Waals surface area contributed by atoms with E-state index in [-0.39, 0.29) is 23.8 Å². The lowest BCUT2D eigenvalue weighted by Crippen LogP contribution is -2.31. The van der Waals surface area contributed by atoms with E-state index in [4.69, 9.17) is 0 Å². The minimum absolute atomic E-state index is 0.0473. The highest BCUT2D eigenvalue weighted by Gasteiger charge is 2.16. The molecule has 0 unspecified atom stereocenters. The van der Waals surface area contributed by atoms with Gasteiger partial charge in [-0.05, 0) is 42.7 Å². The van der Waals surface area contributed by atoms with Crippen LogP contribution in [0.15, 0.2) is 65.8 Å². The predicted molar refractivity (Wildman–Crippen MR) is 120 cm³/mol. The minimum atomic E-state index is -3.64. The van der Waals surface area contributed by atoms with Crippen LogP contribution in [-0.4, -0.2) is 42.6 Å². The van der Waals surface area contributed by atoms with E-state index in [9.17, 15) is 13.2 Å². The van der Waals surface area contributed by atoms with Crippen LogP contribution in [0.5, 0.6) is 0 Å². The molecule has 0 aliphatic heterocycles. The van der Waals surface area contributed by atoms with Gasteiger partial charge in [0.05, 0.1) is 17.6 Å². The first-order chi connectivity index (χ1) is 14.7. The Morgan fingerprint density at radius 1 is 1.06 bits per heavy atom. The molecule has 1 amide bonds. The molecule has 0 atom stereocenters. The van der Waals surface area contributed by atoms with Gasteiger partial charge in [0.1, 0.15) is 0 Å². The molecule has 1 heterocycles. The number of aryl methyl sites for hydroxylation is 2. The molecule has 7 nitrogen and oxygen atoms in total. The van der Waals surface area contributed by atoms with E-state index in [1.165, 1.54) is 0 Å². The Kier molecular flexibility index (Phi) is 7.25. The van der Waals surface area contributed by atoms with Crippen LogP contribution < -0.4 is 4.72 Å². The van der Waals surface area contributed by atoms with Crippen LogP contribution in [0, 0.1) is 13.8 Å². The maximum absolute atomic E-state index is 12.4. The lowest BCUT2D eigenvalue weighted by molar-refractivity contribution is -0.130. The summed E-state index contributed by atoms with van der Waals surface area (Å²) in [6.45, 7) is 4.93. The van der Waals surface area contributed by atoms with Gasteiger partial charge in [-0.2, -0.15) is 5.10 Å². The summed E-state index contributed by atoms with van der Waals surface area (Å²) in [6.07, 6.45) is 3.74. The van der Waals surface area contributed by atoms with Gasteiger partial charge in [0.25, 0.3) is 0 Å². The molecule has 0 aliphatic carbocycles. The highest BCUT2D eigenvalue weighted by atomic mass is 32.2. The molecule has 0 spiro atoms. The zero-order valence-corrected chi connectivity index (χ0v) is 18.9. The summed E-state index contributed by atoms with van der Waals surface area (Å²) in [5.74, 6) is -0.140. The molecule has 31 heavy (non-hydrogen) atoms. The summed E-state index contributed by atoms with van der Waals surface area (Å²) in [4.78, 5) is 14.2. The van der Waals surface area contributed by atoms with Crippen molar-refractivity contribution in [3.63, 3.8) is 0 Å². The van der Waals surface area contributed by atoms with Crippen molar-refractivity contribution >= 4 is 15.9 Å². The molecule has 0 fully saturated rings. The zero-order valence-electron chi connectivity index (χ0n) is 18.1. The van der Waals surface area contributed by atoms with Crippen molar-refractivity contribution < 1.29 is 13.2 Å². The van der Waals surface area contributed by atoms with E-state index >= 15 is 0 Å². The third-order valence-electron chi connectivity index (χ3n) is 5.14. The normalized spacial score (nSPS) is 11.5. The maximum Gasteiger partial charge on any atom is 0.240 e. The Hall–Kier alpha value is -2.97. The van der Waals surface area contributed by atoms with Crippen LogP contribution in [-0.2, 0) is 27.9 Å². The molecule has 0 aliphatic rings. The van der Waals surface area contributed by atoms with Crippen molar-refractivity contribution in [2.45, 2.75) is 38.3 Å². The number of nitrogens with zero attached hydrogens (tertiary/aromatic N) is 3. The number of rotatable bonds is 9. The van der Waals surface area contributed by atoms with E-state index < -0.39 is 10.0 Å². The van der Waals surface area contributed by atoms with Gasteiger partial charge in [-0.3, -0.25) is 9.48 Å². The smallest absolute Gasteiger partial charge is 0.240 e. The molecule has 0 saturated carbocycles. The van der Waals surface area contributed by atoms with Crippen molar-refractivity contribution in [3.05, 3.63) is 83.2 Å². The predicted octanol–water partition coefficient (Wildman–Crippen LogP) is 2.88. The van der Waals surface area contributed by atoms with Gasteiger partial charge < -0.3 is 4.90 Å². The van der Waals surface area contributed by atoms with Crippen LogP contribution >= 0.6 is 0 Å². The Morgan fingerprint density at radius 3 is 2.52 bits per heavy atom. The average molecular weight is 441 g/mol. The molecule has 3 rings (SSSR count). The lowest BCUT2D eigenvalue weighted by atomic mass is 10.1. The van der Waals surface area contributed by atoms with Gasteiger partial charge in [0.2, 0.25) is 15.9 Å². The van der Waals surface area contributed by atoms with Gasteiger partial charge in [0, 0.05) is 38.3 Å². The van der Waals surface area contributed by atoms with E-state index in [0.717, 1.165) is 22.3 Å². The van der Waals surface area contributed by atoms with Crippen LogP contribution in [0.4, 0.5) is 0 Å². The van der Waals surface area contributed by atoms with Crippen molar-refractivity contribution in [3.8, 4) is 0 Å². The fraction of sp³-hybridized carbons (Fsp3) is 0.304. The maximum atomic E-state index is 12.4. The SMILES string of the molecule is Cc1ccc(S(=O)(=O)NCCC(=O)N(C)Cc2cnn(Cc3ccccc3)c2)cc1C. The highest BCUT2D eigenvalue weighted by molar-refractivity contribution is 7.89. The molecule has 164 valence electrons. The fourth-order valence-corrected chi connectivity index (χ4v) is 4.27. The van der Waals surface area contributed by atoms with E-state index in [1.54, 1.807) is 36.3 Å². The summed E-state index contributed by atoms with van der Waals surface area (Å²) in [5, 5.41) is 4.35.